The van der Waals surface area contributed by atoms with Crippen molar-refractivity contribution in [3.63, 3.8) is 0 Å². The Morgan fingerprint density at radius 3 is 2.57 bits per heavy atom. The van der Waals surface area contributed by atoms with Crippen molar-refractivity contribution in [1.29, 1.82) is 0 Å². The number of hydrogen-bond acceptors (Lipinski definition) is 2. The largest absolute Gasteiger partial charge is 0.385 e. The van der Waals surface area contributed by atoms with Crippen LogP contribution in [0.15, 0.2) is 54.6 Å². The molecule has 0 aliphatic heterocycles. The average molecular weight is 308 g/mol. The van der Waals surface area contributed by atoms with Crippen molar-refractivity contribution in [2.45, 2.75) is 45.3 Å². The fourth-order valence-electron chi connectivity index (χ4n) is 3.07. The van der Waals surface area contributed by atoms with Crippen LogP contribution >= 0.6 is 0 Å². The summed E-state index contributed by atoms with van der Waals surface area (Å²) in [5.41, 5.74) is 3.44. The van der Waals surface area contributed by atoms with Gasteiger partial charge in [-0.3, -0.25) is 0 Å². The van der Waals surface area contributed by atoms with Crippen LogP contribution in [0.25, 0.3) is 11.0 Å². The number of aliphatic hydroxyl groups excluding tert-OH is 1. The number of benzene rings is 2. The molecule has 0 saturated heterocycles. The van der Waals surface area contributed by atoms with Gasteiger partial charge in [0.05, 0.1) is 11.0 Å². The number of para-hydroxylation sites is 2. The first kappa shape index (κ1) is 15.8. The van der Waals surface area contributed by atoms with Gasteiger partial charge in [0.1, 0.15) is 11.9 Å². The van der Waals surface area contributed by atoms with E-state index >= 15 is 0 Å². The van der Waals surface area contributed by atoms with E-state index in [0.29, 0.717) is 0 Å². The van der Waals surface area contributed by atoms with Crippen molar-refractivity contribution in [2.24, 2.45) is 0 Å². The van der Waals surface area contributed by atoms with Gasteiger partial charge >= 0.3 is 0 Å². The van der Waals surface area contributed by atoms with Gasteiger partial charge in [-0.2, -0.15) is 0 Å². The highest BCUT2D eigenvalue weighted by molar-refractivity contribution is 5.76. The Labute approximate surface area is 137 Å². The molecule has 0 amide bonds. The minimum absolute atomic E-state index is 0.482. The smallest absolute Gasteiger partial charge is 0.138 e. The van der Waals surface area contributed by atoms with Crippen molar-refractivity contribution < 1.29 is 5.11 Å². The first-order chi connectivity index (χ1) is 11.3. The lowest BCUT2D eigenvalue weighted by Crippen LogP contribution is -2.10. The molecule has 0 saturated carbocycles. The molecule has 0 unspecified atom stereocenters. The van der Waals surface area contributed by atoms with Crippen LogP contribution in [0, 0.1) is 0 Å². The maximum Gasteiger partial charge on any atom is 0.138 e. The second kappa shape index (κ2) is 7.42. The molecule has 120 valence electrons. The van der Waals surface area contributed by atoms with Crippen LogP contribution in [-0.2, 0) is 13.0 Å². The van der Waals surface area contributed by atoms with Crippen LogP contribution in [-0.4, -0.2) is 14.7 Å². The molecule has 2 aromatic carbocycles. The topological polar surface area (TPSA) is 38.1 Å². The van der Waals surface area contributed by atoms with Gasteiger partial charge in [0.15, 0.2) is 0 Å². The molecule has 0 aliphatic rings. The van der Waals surface area contributed by atoms with Gasteiger partial charge in [-0.25, -0.2) is 4.98 Å². The first-order valence-corrected chi connectivity index (χ1v) is 8.46. The fraction of sp³-hybridized carbons (Fsp3) is 0.350. The number of aryl methyl sites for hydroxylation is 2. The molecule has 1 aromatic heterocycles. The molecule has 0 radical (unpaired) electrons. The third-order valence-electron chi connectivity index (χ3n) is 4.23. The van der Waals surface area contributed by atoms with E-state index in [2.05, 4.69) is 46.8 Å². The Morgan fingerprint density at radius 1 is 1.04 bits per heavy atom. The second-order valence-corrected chi connectivity index (χ2v) is 6.00. The van der Waals surface area contributed by atoms with Crippen molar-refractivity contribution in [3.05, 3.63) is 66.0 Å². The number of aromatic nitrogens is 2. The van der Waals surface area contributed by atoms with Gasteiger partial charge in [-0.15, -0.1) is 0 Å². The standard InChI is InChI=1S/C20H24N2O/c1-2-9-19(23)20-21-17-13-6-7-14-18(17)22(20)15-8-12-16-10-4-3-5-11-16/h3-7,10-11,13-14,19,23H,2,8-9,12,15H2,1H3/t19-/m1/s1. The van der Waals surface area contributed by atoms with Gasteiger partial charge in [0, 0.05) is 6.54 Å². The number of aliphatic hydroxyl groups is 1. The first-order valence-electron chi connectivity index (χ1n) is 8.46. The Morgan fingerprint density at radius 2 is 1.78 bits per heavy atom. The lowest BCUT2D eigenvalue weighted by atomic mass is 10.1. The number of rotatable bonds is 7. The van der Waals surface area contributed by atoms with E-state index < -0.39 is 6.10 Å². The summed E-state index contributed by atoms with van der Waals surface area (Å²) in [6, 6.07) is 18.7. The maximum atomic E-state index is 10.4. The molecule has 3 rings (SSSR count). The Hall–Kier alpha value is -2.13. The lowest BCUT2D eigenvalue weighted by Gasteiger charge is -2.13. The molecule has 0 aliphatic carbocycles. The summed E-state index contributed by atoms with van der Waals surface area (Å²) in [5, 5.41) is 10.4. The molecule has 0 bridgehead atoms. The summed E-state index contributed by atoms with van der Waals surface area (Å²) < 4.78 is 2.19. The van der Waals surface area contributed by atoms with E-state index in [1.165, 1.54) is 5.56 Å². The highest BCUT2D eigenvalue weighted by atomic mass is 16.3. The third kappa shape index (κ3) is 3.62. The minimum Gasteiger partial charge on any atom is -0.385 e. The zero-order chi connectivity index (χ0) is 16.1. The summed E-state index contributed by atoms with van der Waals surface area (Å²) >= 11 is 0. The Balaban J connectivity index is 1.81. The summed E-state index contributed by atoms with van der Waals surface area (Å²) in [7, 11) is 0. The van der Waals surface area contributed by atoms with Crippen molar-refractivity contribution in [2.75, 3.05) is 0 Å². The zero-order valence-electron chi connectivity index (χ0n) is 13.7. The van der Waals surface area contributed by atoms with Crippen LogP contribution in [0.4, 0.5) is 0 Å². The van der Waals surface area contributed by atoms with Crippen molar-refractivity contribution in [3.8, 4) is 0 Å². The quantitative estimate of drug-likeness (QED) is 0.697. The van der Waals surface area contributed by atoms with Crippen LogP contribution in [0.2, 0.25) is 0 Å². The summed E-state index contributed by atoms with van der Waals surface area (Å²) in [6.45, 7) is 2.97. The molecule has 3 nitrogen and oxygen atoms in total. The SMILES string of the molecule is CCC[C@@H](O)c1nc2ccccc2n1CCCc1ccccc1. The fourth-order valence-corrected chi connectivity index (χ4v) is 3.07. The van der Waals surface area contributed by atoms with Gasteiger partial charge < -0.3 is 9.67 Å². The molecular weight excluding hydrogens is 284 g/mol. The van der Waals surface area contributed by atoms with Crippen LogP contribution in [0.3, 0.4) is 0 Å². The molecule has 0 spiro atoms. The predicted octanol–water partition coefficient (Wildman–Crippen LogP) is 4.50. The molecule has 0 fully saturated rings. The average Bonchev–Trinajstić information content (AvgIpc) is 2.95. The summed E-state index contributed by atoms with van der Waals surface area (Å²) in [4.78, 5) is 4.67. The molecule has 23 heavy (non-hydrogen) atoms. The number of fused-ring (bicyclic) bond motifs is 1. The maximum absolute atomic E-state index is 10.4. The van der Waals surface area contributed by atoms with Crippen LogP contribution < -0.4 is 0 Å². The summed E-state index contributed by atoms with van der Waals surface area (Å²) in [6.07, 6.45) is 3.30. The van der Waals surface area contributed by atoms with Gasteiger partial charge in [-0.1, -0.05) is 55.8 Å². The Bertz CT molecular complexity index is 749. The highest BCUT2D eigenvalue weighted by Crippen LogP contribution is 2.24. The predicted molar refractivity (Wildman–Crippen MR) is 94.4 cm³/mol. The van der Waals surface area contributed by atoms with Gasteiger partial charge in [-0.05, 0) is 37.0 Å². The molecule has 1 heterocycles. The van der Waals surface area contributed by atoms with E-state index in [4.69, 9.17) is 0 Å². The van der Waals surface area contributed by atoms with Crippen molar-refractivity contribution >= 4 is 11.0 Å². The minimum atomic E-state index is -0.482. The monoisotopic (exact) mass is 308 g/mol. The van der Waals surface area contributed by atoms with E-state index in [0.717, 1.165) is 49.1 Å². The van der Waals surface area contributed by atoms with Crippen LogP contribution in [0.1, 0.15) is 43.7 Å². The number of imidazole rings is 1. The normalized spacial score (nSPS) is 12.6. The van der Waals surface area contributed by atoms with E-state index in [-0.39, 0.29) is 0 Å². The molecular formula is C20H24N2O. The summed E-state index contributed by atoms with van der Waals surface area (Å²) in [5.74, 6) is 0.807. The van der Waals surface area contributed by atoms with E-state index in [1.54, 1.807) is 0 Å². The number of nitrogens with zero attached hydrogens (tertiary/aromatic N) is 2. The number of hydrogen-bond donors (Lipinski definition) is 1. The zero-order valence-corrected chi connectivity index (χ0v) is 13.7. The van der Waals surface area contributed by atoms with Gasteiger partial charge in [0.25, 0.3) is 0 Å². The van der Waals surface area contributed by atoms with Crippen LogP contribution in [0.5, 0.6) is 0 Å². The lowest BCUT2D eigenvalue weighted by molar-refractivity contribution is 0.152. The molecule has 1 atom stereocenters. The second-order valence-electron chi connectivity index (χ2n) is 6.00. The Kier molecular flexibility index (Phi) is 5.09. The molecule has 3 heteroatoms. The molecule has 3 aromatic rings. The third-order valence-corrected chi connectivity index (χ3v) is 4.23. The molecule has 1 N–H and O–H groups in total. The van der Waals surface area contributed by atoms with E-state index in [1.807, 2.05) is 24.3 Å². The highest BCUT2D eigenvalue weighted by Gasteiger charge is 2.17. The van der Waals surface area contributed by atoms with E-state index in [9.17, 15) is 5.11 Å². The van der Waals surface area contributed by atoms with Gasteiger partial charge in [0.2, 0.25) is 0 Å². The van der Waals surface area contributed by atoms with Crippen molar-refractivity contribution in [1.82, 2.24) is 9.55 Å².